The van der Waals surface area contributed by atoms with E-state index in [2.05, 4.69) is 16.0 Å². The summed E-state index contributed by atoms with van der Waals surface area (Å²) in [4.78, 5) is 59.1. The average Bonchev–Trinajstić information content (AvgIpc) is 2.65. The maximum Gasteiger partial charge on any atom is 0.326 e. The van der Waals surface area contributed by atoms with Crippen molar-refractivity contribution in [1.82, 2.24) is 16.0 Å². The van der Waals surface area contributed by atoms with E-state index in [9.17, 15) is 29.1 Å². The third kappa shape index (κ3) is 9.18. The van der Waals surface area contributed by atoms with Gasteiger partial charge >= 0.3 is 11.9 Å². The Kier molecular flexibility index (Phi) is 11.6. The van der Waals surface area contributed by atoms with Gasteiger partial charge in [0.1, 0.15) is 18.1 Å². The summed E-state index contributed by atoms with van der Waals surface area (Å²) in [5.41, 5.74) is 5.73. The van der Waals surface area contributed by atoms with E-state index < -0.39 is 72.8 Å². The molecule has 0 radical (unpaired) electrons. The van der Waals surface area contributed by atoms with E-state index in [1.165, 1.54) is 0 Å². The molecule has 0 heterocycles. The summed E-state index contributed by atoms with van der Waals surface area (Å²) in [7, 11) is 0. The van der Waals surface area contributed by atoms with Crippen molar-refractivity contribution in [2.24, 2.45) is 17.6 Å². The number of carbonyl (C=O) groups is 5. The molecule has 12 heteroatoms. The number of carbonyl (C=O) groups excluding carboxylic acids is 3. The topological polar surface area (TPSA) is 208 Å². The van der Waals surface area contributed by atoms with Crippen LogP contribution >= 0.6 is 0 Å². The zero-order valence-electron chi connectivity index (χ0n) is 17.5. The SMILES string of the molecule is CC(C)C(N)C(=O)NC(CCC(=O)O)C(=O)NC(CO)C(=O)NC(C(=O)O)C(C)C. The van der Waals surface area contributed by atoms with Gasteiger partial charge in [-0.25, -0.2) is 4.79 Å². The molecule has 0 spiro atoms. The molecule has 30 heavy (non-hydrogen) atoms. The predicted octanol–water partition coefficient (Wildman–Crippen LogP) is -1.98. The molecule has 0 rings (SSSR count). The molecule has 8 N–H and O–H groups in total. The molecule has 0 saturated heterocycles. The summed E-state index contributed by atoms with van der Waals surface area (Å²) in [5.74, 6) is -5.70. The predicted molar refractivity (Wildman–Crippen MR) is 105 cm³/mol. The van der Waals surface area contributed by atoms with Crippen LogP contribution in [0, 0.1) is 11.8 Å². The Hall–Kier alpha value is -2.73. The van der Waals surface area contributed by atoms with Crippen LogP contribution in [0.3, 0.4) is 0 Å². The highest BCUT2D eigenvalue weighted by Gasteiger charge is 2.31. The van der Waals surface area contributed by atoms with Gasteiger partial charge in [-0.1, -0.05) is 27.7 Å². The second-order valence-corrected chi connectivity index (χ2v) is 7.58. The minimum absolute atomic E-state index is 0.242. The zero-order chi connectivity index (χ0) is 23.6. The van der Waals surface area contributed by atoms with Crippen molar-refractivity contribution < 1.29 is 39.3 Å². The molecule has 0 aliphatic rings. The fourth-order valence-corrected chi connectivity index (χ4v) is 2.34. The molecule has 0 aromatic rings. The number of hydrogen-bond donors (Lipinski definition) is 7. The molecule has 0 saturated carbocycles. The van der Waals surface area contributed by atoms with Crippen molar-refractivity contribution in [3.63, 3.8) is 0 Å². The van der Waals surface area contributed by atoms with Crippen molar-refractivity contribution in [2.45, 2.75) is 64.7 Å². The number of rotatable bonds is 13. The summed E-state index contributed by atoms with van der Waals surface area (Å²) in [5, 5.41) is 34.3. The second-order valence-electron chi connectivity index (χ2n) is 7.58. The first-order chi connectivity index (χ1) is 13.8. The van der Waals surface area contributed by atoms with Crippen molar-refractivity contribution >= 4 is 29.7 Å². The Balaban J connectivity index is 5.30. The number of carboxylic acid groups (broad SMARTS) is 2. The fraction of sp³-hybridized carbons (Fsp3) is 0.722. The molecular formula is C18H32N4O8. The zero-order valence-corrected chi connectivity index (χ0v) is 17.5. The number of nitrogens with one attached hydrogen (secondary N) is 3. The minimum Gasteiger partial charge on any atom is -0.481 e. The molecule has 4 unspecified atom stereocenters. The molecule has 0 aliphatic carbocycles. The van der Waals surface area contributed by atoms with Gasteiger partial charge in [0, 0.05) is 6.42 Å². The molecule has 172 valence electrons. The van der Waals surface area contributed by atoms with E-state index in [0.717, 1.165) is 0 Å². The first-order valence-corrected chi connectivity index (χ1v) is 9.53. The molecule has 4 atom stereocenters. The summed E-state index contributed by atoms with van der Waals surface area (Å²) < 4.78 is 0. The minimum atomic E-state index is -1.50. The van der Waals surface area contributed by atoms with Gasteiger partial charge in [0.2, 0.25) is 17.7 Å². The Bertz CT molecular complexity index is 638. The number of carboxylic acids is 2. The van der Waals surface area contributed by atoms with Crippen LogP contribution in [0.15, 0.2) is 0 Å². The third-order valence-corrected chi connectivity index (χ3v) is 4.35. The largest absolute Gasteiger partial charge is 0.481 e. The first kappa shape index (κ1) is 27.3. The molecule has 0 aliphatic heterocycles. The van der Waals surface area contributed by atoms with E-state index in [1.54, 1.807) is 27.7 Å². The van der Waals surface area contributed by atoms with Gasteiger partial charge in [-0.15, -0.1) is 0 Å². The summed E-state index contributed by atoms with van der Waals surface area (Å²) in [6.45, 7) is 5.68. The first-order valence-electron chi connectivity index (χ1n) is 9.53. The van der Waals surface area contributed by atoms with Gasteiger partial charge in [-0.2, -0.15) is 0 Å². The normalized spacial score (nSPS) is 15.1. The number of amides is 3. The van der Waals surface area contributed by atoms with Crippen LogP contribution in [-0.2, 0) is 24.0 Å². The quantitative estimate of drug-likeness (QED) is 0.172. The molecule has 12 nitrogen and oxygen atoms in total. The van der Waals surface area contributed by atoms with Crippen molar-refractivity contribution in [3.05, 3.63) is 0 Å². The number of hydrogen-bond acceptors (Lipinski definition) is 7. The standard InChI is InChI=1S/C18H32N4O8/c1-8(2)13(19)17(28)20-10(5-6-12(24)25)15(26)21-11(7-23)16(27)22-14(9(3)4)18(29)30/h8-11,13-14,23H,5-7,19H2,1-4H3,(H,20,28)(H,21,26)(H,22,27)(H,24,25)(H,29,30). The van der Waals surface area contributed by atoms with Crippen LogP contribution in [-0.4, -0.2) is 75.8 Å². The summed E-state index contributed by atoms with van der Waals surface area (Å²) in [6, 6.07) is -5.00. The fourth-order valence-electron chi connectivity index (χ4n) is 2.34. The van der Waals surface area contributed by atoms with Crippen LogP contribution in [0.25, 0.3) is 0 Å². The summed E-state index contributed by atoms with van der Waals surface area (Å²) in [6.07, 6.45) is -0.721. The van der Waals surface area contributed by atoms with E-state index >= 15 is 0 Å². The van der Waals surface area contributed by atoms with E-state index in [0.29, 0.717) is 0 Å². The van der Waals surface area contributed by atoms with Crippen LogP contribution < -0.4 is 21.7 Å². The van der Waals surface area contributed by atoms with Crippen LogP contribution in [0.1, 0.15) is 40.5 Å². The Labute approximate surface area is 174 Å². The van der Waals surface area contributed by atoms with Gasteiger partial charge in [-0.3, -0.25) is 19.2 Å². The second kappa shape index (κ2) is 12.8. The van der Waals surface area contributed by atoms with Gasteiger partial charge in [0.25, 0.3) is 0 Å². The number of aliphatic carboxylic acids is 2. The maximum atomic E-state index is 12.5. The van der Waals surface area contributed by atoms with Crippen LogP contribution in [0.5, 0.6) is 0 Å². The summed E-state index contributed by atoms with van der Waals surface area (Å²) >= 11 is 0. The highest BCUT2D eigenvalue weighted by atomic mass is 16.4. The highest BCUT2D eigenvalue weighted by molar-refractivity contribution is 5.94. The lowest BCUT2D eigenvalue weighted by Gasteiger charge is -2.25. The molecule has 0 bridgehead atoms. The lowest BCUT2D eigenvalue weighted by Crippen LogP contribution is -2.59. The van der Waals surface area contributed by atoms with Gasteiger partial charge in [0.15, 0.2) is 0 Å². The third-order valence-electron chi connectivity index (χ3n) is 4.35. The Morgan fingerprint density at radius 3 is 1.70 bits per heavy atom. The van der Waals surface area contributed by atoms with E-state index in [-0.39, 0.29) is 12.3 Å². The maximum absolute atomic E-state index is 12.5. The molecule has 0 aromatic carbocycles. The number of aliphatic hydroxyl groups is 1. The van der Waals surface area contributed by atoms with Gasteiger partial charge < -0.3 is 37.0 Å². The van der Waals surface area contributed by atoms with Crippen LogP contribution in [0.4, 0.5) is 0 Å². The monoisotopic (exact) mass is 432 g/mol. The van der Waals surface area contributed by atoms with Crippen molar-refractivity contribution in [2.75, 3.05) is 6.61 Å². The van der Waals surface area contributed by atoms with Crippen molar-refractivity contribution in [1.29, 1.82) is 0 Å². The number of nitrogens with two attached hydrogens (primary N) is 1. The number of aliphatic hydroxyl groups excluding tert-OH is 1. The Morgan fingerprint density at radius 1 is 0.800 bits per heavy atom. The Morgan fingerprint density at radius 2 is 1.30 bits per heavy atom. The lowest BCUT2D eigenvalue weighted by atomic mass is 10.0. The highest BCUT2D eigenvalue weighted by Crippen LogP contribution is 2.05. The molecule has 0 fully saturated rings. The average molecular weight is 432 g/mol. The lowest BCUT2D eigenvalue weighted by molar-refractivity contribution is -0.143. The molecular weight excluding hydrogens is 400 g/mol. The van der Waals surface area contributed by atoms with Crippen molar-refractivity contribution in [3.8, 4) is 0 Å². The van der Waals surface area contributed by atoms with Crippen LogP contribution in [0.2, 0.25) is 0 Å². The van der Waals surface area contributed by atoms with Gasteiger partial charge in [-0.05, 0) is 18.3 Å². The smallest absolute Gasteiger partial charge is 0.326 e. The van der Waals surface area contributed by atoms with Gasteiger partial charge in [0.05, 0.1) is 12.6 Å². The van der Waals surface area contributed by atoms with E-state index in [1.807, 2.05) is 0 Å². The molecule has 3 amide bonds. The molecule has 0 aromatic heterocycles. The van der Waals surface area contributed by atoms with E-state index in [4.69, 9.17) is 15.9 Å².